The summed E-state index contributed by atoms with van der Waals surface area (Å²) in [6.07, 6.45) is 1.02. The Morgan fingerprint density at radius 1 is 1.15 bits per heavy atom. The quantitative estimate of drug-likeness (QED) is 0.370. The summed E-state index contributed by atoms with van der Waals surface area (Å²) < 4.78 is 19.2. The lowest BCUT2D eigenvalue weighted by atomic mass is 10.2. The number of anilines is 1. The zero-order valence-corrected chi connectivity index (χ0v) is 16.7. The monoisotopic (exact) mass is 379 g/mol. The fourth-order valence-electron chi connectivity index (χ4n) is 3.13. The normalized spacial score (nSPS) is 15.8. The molecule has 0 unspecified atom stereocenters. The van der Waals surface area contributed by atoms with Crippen molar-refractivity contribution in [3.05, 3.63) is 30.1 Å². The van der Waals surface area contributed by atoms with Gasteiger partial charge in [0.25, 0.3) is 0 Å². The standard InChI is InChI=1S/C20H34FN5O/c1-3-22-20(24-11-17-27-4-2)23-10-7-12-25-13-15-26(16-14-25)19-9-6-5-8-18(19)21/h5-6,8-9H,3-4,7,10-17H2,1-2H3,(H2,22,23,24). The third-order valence-electron chi connectivity index (χ3n) is 4.55. The van der Waals surface area contributed by atoms with Crippen LogP contribution in [0.1, 0.15) is 20.3 Å². The molecule has 0 amide bonds. The summed E-state index contributed by atoms with van der Waals surface area (Å²) in [6.45, 7) is 12.6. The van der Waals surface area contributed by atoms with E-state index in [2.05, 4.69) is 32.3 Å². The highest BCUT2D eigenvalue weighted by Gasteiger charge is 2.18. The van der Waals surface area contributed by atoms with Gasteiger partial charge in [-0.15, -0.1) is 0 Å². The van der Waals surface area contributed by atoms with E-state index in [1.807, 2.05) is 19.1 Å². The van der Waals surface area contributed by atoms with Gasteiger partial charge < -0.3 is 20.3 Å². The summed E-state index contributed by atoms with van der Waals surface area (Å²) in [7, 11) is 0. The summed E-state index contributed by atoms with van der Waals surface area (Å²) >= 11 is 0. The van der Waals surface area contributed by atoms with Gasteiger partial charge in [0.15, 0.2) is 5.96 Å². The van der Waals surface area contributed by atoms with E-state index in [9.17, 15) is 4.39 Å². The minimum absolute atomic E-state index is 0.131. The maximum atomic E-state index is 13.9. The molecular formula is C20H34FN5O. The second-order valence-corrected chi connectivity index (χ2v) is 6.52. The summed E-state index contributed by atoms with van der Waals surface area (Å²) in [5.74, 6) is 0.717. The van der Waals surface area contributed by atoms with Crippen molar-refractivity contribution >= 4 is 11.6 Å². The van der Waals surface area contributed by atoms with E-state index in [0.717, 1.165) is 77.0 Å². The predicted octanol–water partition coefficient (Wildman–Crippen LogP) is 1.93. The Morgan fingerprint density at radius 2 is 1.93 bits per heavy atom. The number of piperazine rings is 1. The van der Waals surface area contributed by atoms with Crippen molar-refractivity contribution in [2.45, 2.75) is 20.3 Å². The van der Waals surface area contributed by atoms with Crippen LogP contribution in [-0.4, -0.2) is 76.4 Å². The van der Waals surface area contributed by atoms with Crippen LogP contribution < -0.4 is 15.5 Å². The van der Waals surface area contributed by atoms with Gasteiger partial charge in [0.05, 0.1) is 12.3 Å². The third kappa shape index (κ3) is 7.72. The first-order valence-electron chi connectivity index (χ1n) is 10.1. The van der Waals surface area contributed by atoms with Crippen molar-refractivity contribution in [1.82, 2.24) is 15.5 Å². The molecular weight excluding hydrogens is 345 g/mol. The molecule has 0 aromatic heterocycles. The number of benzene rings is 1. The van der Waals surface area contributed by atoms with Crippen LogP contribution in [0.5, 0.6) is 0 Å². The minimum Gasteiger partial charge on any atom is -0.380 e. The molecule has 1 fully saturated rings. The smallest absolute Gasteiger partial charge is 0.191 e. The number of ether oxygens (including phenoxy) is 1. The van der Waals surface area contributed by atoms with Crippen molar-refractivity contribution in [3.8, 4) is 0 Å². The highest BCUT2D eigenvalue weighted by molar-refractivity contribution is 5.79. The largest absolute Gasteiger partial charge is 0.380 e. The SMILES string of the molecule is CCNC(=NCCCN1CCN(c2ccccc2F)CC1)NCCOCC. The second kappa shape index (κ2) is 12.5. The molecule has 1 aromatic carbocycles. The molecule has 6 nitrogen and oxygen atoms in total. The number of hydrogen-bond acceptors (Lipinski definition) is 4. The lowest BCUT2D eigenvalue weighted by Crippen LogP contribution is -2.47. The van der Waals surface area contributed by atoms with Crippen LogP contribution in [0, 0.1) is 5.82 Å². The topological polar surface area (TPSA) is 52.1 Å². The minimum atomic E-state index is -0.131. The van der Waals surface area contributed by atoms with Gasteiger partial charge in [-0.2, -0.15) is 0 Å². The molecule has 0 saturated carbocycles. The number of halogens is 1. The number of rotatable bonds is 10. The zero-order chi connectivity index (χ0) is 19.3. The van der Waals surface area contributed by atoms with Crippen molar-refractivity contribution in [3.63, 3.8) is 0 Å². The molecule has 7 heteroatoms. The van der Waals surface area contributed by atoms with Crippen molar-refractivity contribution in [2.75, 3.05) is 70.5 Å². The molecule has 2 N–H and O–H groups in total. The molecule has 1 heterocycles. The molecule has 152 valence electrons. The highest BCUT2D eigenvalue weighted by Crippen LogP contribution is 2.20. The first kappa shape index (κ1) is 21.4. The molecule has 0 atom stereocenters. The number of hydrogen-bond donors (Lipinski definition) is 2. The van der Waals surface area contributed by atoms with Crippen LogP contribution in [-0.2, 0) is 4.74 Å². The average Bonchev–Trinajstić information content (AvgIpc) is 2.69. The van der Waals surface area contributed by atoms with Crippen molar-refractivity contribution in [2.24, 2.45) is 4.99 Å². The summed E-state index contributed by atoms with van der Waals surface area (Å²) in [5.41, 5.74) is 0.718. The first-order chi connectivity index (χ1) is 13.2. The Labute approximate surface area is 162 Å². The van der Waals surface area contributed by atoms with Gasteiger partial charge >= 0.3 is 0 Å². The van der Waals surface area contributed by atoms with Crippen molar-refractivity contribution in [1.29, 1.82) is 0 Å². The van der Waals surface area contributed by atoms with Gasteiger partial charge in [-0.3, -0.25) is 9.89 Å². The van der Waals surface area contributed by atoms with E-state index >= 15 is 0 Å². The van der Waals surface area contributed by atoms with Gasteiger partial charge in [-0.1, -0.05) is 12.1 Å². The summed E-state index contributed by atoms with van der Waals surface area (Å²) in [5, 5.41) is 6.54. The van der Waals surface area contributed by atoms with Crippen LogP contribution in [0.15, 0.2) is 29.3 Å². The molecule has 27 heavy (non-hydrogen) atoms. The van der Waals surface area contributed by atoms with Gasteiger partial charge in [0.1, 0.15) is 5.82 Å². The maximum absolute atomic E-state index is 13.9. The highest BCUT2D eigenvalue weighted by atomic mass is 19.1. The molecule has 1 aromatic rings. The van der Waals surface area contributed by atoms with Gasteiger partial charge in [0, 0.05) is 59.0 Å². The van der Waals surface area contributed by atoms with Crippen molar-refractivity contribution < 1.29 is 9.13 Å². The maximum Gasteiger partial charge on any atom is 0.191 e. The molecule has 1 aliphatic heterocycles. The fraction of sp³-hybridized carbons (Fsp3) is 0.650. The lowest BCUT2D eigenvalue weighted by Gasteiger charge is -2.36. The molecule has 0 aliphatic carbocycles. The van der Waals surface area contributed by atoms with Gasteiger partial charge in [-0.05, 0) is 32.4 Å². The number of nitrogens with zero attached hydrogens (tertiary/aromatic N) is 3. The first-order valence-corrected chi connectivity index (χ1v) is 10.1. The molecule has 0 bridgehead atoms. The molecule has 0 radical (unpaired) electrons. The number of para-hydroxylation sites is 1. The Bertz CT molecular complexity index is 561. The number of guanidine groups is 1. The second-order valence-electron chi connectivity index (χ2n) is 6.52. The van der Waals surface area contributed by atoms with Crippen LogP contribution in [0.2, 0.25) is 0 Å². The molecule has 1 saturated heterocycles. The van der Waals surface area contributed by atoms with E-state index in [0.29, 0.717) is 6.61 Å². The van der Waals surface area contributed by atoms with E-state index in [-0.39, 0.29) is 5.82 Å². The van der Waals surface area contributed by atoms with Crippen LogP contribution in [0.25, 0.3) is 0 Å². The number of nitrogens with one attached hydrogen (secondary N) is 2. The van der Waals surface area contributed by atoms with E-state index in [1.54, 1.807) is 6.07 Å². The molecule has 1 aliphatic rings. The van der Waals surface area contributed by atoms with Crippen LogP contribution >= 0.6 is 0 Å². The summed E-state index contributed by atoms with van der Waals surface area (Å²) in [4.78, 5) is 9.19. The Kier molecular flexibility index (Phi) is 9.94. The fourth-order valence-corrected chi connectivity index (χ4v) is 3.13. The van der Waals surface area contributed by atoms with Crippen LogP contribution in [0.3, 0.4) is 0 Å². The molecule has 0 spiro atoms. The third-order valence-corrected chi connectivity index (χ3v) is 4.55. The summed E-state index contributed by atoms with van der Waals surface area (Å²) in [6, 6.07) is 7.03. The lowest BCUT2D eigenvalue weighted by molar-refractivity contribution is 0.152. The Balaban J connectivity index is 1.66. The van der Waals surface area contributed by atoms with E-state index in [4.69, 9.17) is 4.74 Å². The average molecular weight is 380 g/mol. The van der Waals surface area contributed by atoms with E-state index < -0.39 is 0 Å². The number of aliphatic imine (C=N–C) groups is 1. The Morgan fingerprint density at radius 3 is 2.63 bits per heavy atom. The Hall–Kier alpha value is -1.86. The predicted molar refractivity (Wildman–Crippen MR) is 110 cm³/mol. The van der Waals surface area contributed by atoms with Gasteiger partial charge in [0.2, 0.25) is 0 Å². The zero-order valence-electron chi connectivity index (χ0n) is 16.7. The van der Waals surface area contributed by atoms with E-state index in [1.165, 1.54) is 6.07 Å². The molecule has 2 rings (SSSR count). The van der Waals surface area contributed by atoms with Gasteiger partial charge in [-0.25, -0.2) is 4.39 Å². The van der Waals surface area contributed by atoms with Crippen LogP contribution in [0.4, 0.5) is 10.1 Å².